The predicted octanol–water partition coefficient (Wildman–Crippen LogP) is 1.40. The molecule has 0 spiro atoms. The molecule has 1 aromatic rings. The van der Waals surface area contributed by atoms with Gasteiger partial charge >= 0.3 is 6.09 Å². The Morgan fingerprint density at radius 1 is 1.35 bits per heavy atom. The average Bonchev–Trinajstić information content (AvgIpc) is 2.34. The zero-order valence-corrected chi connectivity index (χ0v) is 10.1. The number of ether oxygens (including phenoxy) is 1. The maximum atomic E-state index is 10.8. The standard InChI is InChI=1S/C12H18N2O3/c1-9(10-3-5-11(15)6-4-10)13-7-8-14-12(16)17-2/h3-6,9,13,15H,7-8H2,1-2H3,(H,14,16). The molecule has 5 heteroatoms. The van der Waals surface area contributed by atoms with E-state index in [1.807, 2.05) is 19.1 Å². The van der Waals surface area contributed by atoms with Crippen LogP contribution in [0, 0.1) is 0 Å². The van der Waals surface area contributed by atoms with E-state index in [4.69, 9.17) is 5.11 Å². The van der Waals surface area contributed by atoms with Crippen LogP contribution < -0.4 is 10.6 Å². The van der Waals surface area contributed by atoms with E-state index in [0.29, 0.717) is 13.1 Å². The Hall–Kier alpha value is -1.75. The van der Waals surface area contributed by atoms with Crippen LogP contribution in [0.2, 0.25) is 0 Å². The molecule has 94 valence electrons. The van der Waals surface area contributed by atoms with Gasteiger partial charge in [-0.05, 0) is 24.6 Å². The van der Waals surface area contributed by atoms with Crippen molar-refractivity contribution >= 4 is 6.09 Å². The molecule has 1 atom stereocenters. The van der Waals surface area contributed by atoms with Gasteiger partial charge in [0.15, 0.2) is 0 Å². The summed E-state index contributed by atoms with van der Waals surface area (Å²) in [5, 5.41) is 15.0. The Morgan fingerprint density at radius 3 is 2.59 bits per heavy atom. The predicted molar refractivity (Wildman–Crippen MR) is 64.9 cm³/mol. The van der Waals surface area contributed by atoms with Crippen LogP contribution in [-0.2, 0) is 4.74 Å². The van der Waals surface area contributed by atoms with E-state index in [-0.39, 0.29) is 11.8 Å². The van der Waals surface area contributed by atoms with Crippen LogP contribution in [0.3, 0.4) is 0 Å². The van der Waals surface area contributed by atoms with Crippen molar-refractivity contribution in [2.45, 2.75) is 13.0 Å². The molecule has 1 amide bonds. The van der Waals surface area contributed by atoms with Gasteiger partial charge in [-0.3, -0.25) is 0 Å². The lowest BCUT2D eigenvalue weighted by molar-refractivity contribution is 0.171. The molecule has 0 aliphatic rings. The van der Waals surface area contributed by atoms with E-state index in [9.17, 15) is 4.79 Å². The molecule has 5 nitrogen and oxygen atoms in total. The van der Waals surface area contributed by atoms with Gasteiger partial charge < -0.3 is 20.5 Å². The normalized spacial score (nSPS) is 11.9. The largest absolute Gasteiger partial charge is 0.508 e. The molecule has 3 N–H and O–H groups in total. The molecule has 0 heterocycles. The van der Waals surface area contributed by atoms with Crippen molar-refractivity contribution in [3.63, 3.8) is 0 Å². The van der Waals surface area contributed by atoms with Crippen LogP contribution in [0.5, 0.6) is 5.75 Å². The first-order valence-corrected chi connectivity index (χ1v) is 5.47. The summed E-state index contributed by atoms with van der Waals surface area (Å²) in [5.74, 6) is 0.258. The first-order chi connectivity index (χ1) is 8.13. The number of amides is 1. The summed E-state index contributed by atoms with van der Waals surface area (Å²) in [7, 11) is 1.34. The fourth-order valence-corrected chi connectivity index (χ4v) is 1.41. The molecule has 0 saturated heterocycles. The number of hydrogen-bond acceptors (Lipinski definition) is 4. The van der Waals surface area contributed by atoms with Crippen LogP contribution in [0.4, 0.5) is 4.79 Å². The van der Waals surface area contributed by atoms with E-state index < -0.39 is 6.09 Å². The zero-order valence-electron chi connectivity index (χ0n) is 10.1. The van der Waals surface area contributed by atoms with Crippen molar-refractivity contribution in [1.29, 1.82) is 0 Å². The quantitative estimate of drug-likeness (QED) is 0.678. The second-order valence-corrected chi connectivity index (χ2v) is 3.69. The number of aromatic hydroxyl groups is 1. The maximum absolute atomic E-state index is 10.8. The van der Waals surface area contributed by atoms with E-state index in [1.165, 1.54) is 7.11 Å². The minimum atomic E-state index is -0.427. The number of benzene rings is 1. The highest BCUT2D eigenvalue weighted by molar-refractivity contribution is 5.66. The van der Waals surface area contributed by atoms with Crippen molar-refractivity contribution in [1.82, 2.24) is 10.6 Å². The molecular formula is C12H18N2O3. The summed E-state index contributed by atoms with van der Waals surface area (Å²) >= 11 is 0. The molecule has 0 saturated carbocycles. The Balaban J connectivity index is 2.27. The lowest BCUT2D eigenvalue weighted by atomic mass is 10.1. The summed E-state index contributed by atoms with van der Waals surface area (Å²) in [6.07, 6.45) is -0.427. The highest BCUT2D eigenvalue weighted by Gasteiger charge is 2.04. The van der Waals surface area contributed by atoms with Crippen molar-refractivity contribution in [3.8, 4) is 5.75 Å². The zero-order chi connectivity index (χ0) is 12.7. The number of carbonyl (C=O) groups excluding carboxylic acids is 1. The first-order valence-electron chi connectivity index (χ1n) is 5.47. The lowest BCUT2D eigenvalue weighted by Gasteiger charge is -2.14. The fraction of sp³-hybridized carbons (Fsp3) is 0.417. The van der Waals surface area contributed by atoms with Gasteiger partial charge in [0.25, 0.3) is 0 Å². The number of hydrogen-bond donors (Lipinski definition) is 3. The summed E-state index contributed by atoms with van der Waals surface area (Å²) < 4.78 is 4.45. The summed E-state index contributed by atoms with van der Waals surface area (Å²) in [5.41, 5.74) is 1.08. The van der Waals surface area contributed by atoms with Gasteiger partial charge in [-0.2, -0.15) is 0 Å². The molecule has 0 bridgehead atoms. The maximum Gasteiger partial charge on any atom is 0.406 e. The number of rotatable bonds is 5. The van der Waals surface area contributed by atoms with E-state index in [1.54, 1.807) is 12.1 Å². The highest BCUT2D eigenvalue weighted by atomic mass is 16.5. The van der Waals surface area contributed by atoms with Gasteiger partial charge in [-0.1, -0.05) is 12.1 Å². The highest BCUT2D eigenvalue weighted by Crippen LogP contribution is 2.15. The third kappa shape index (κ3) is 4.74. The SMILES string of the molecule is COC(=O)NCCNC(C)c1ccc(O)cc1. The second kappa shape index (κ2) is 6.75. The van der Waals surface area contributed by atoms with E-state index in [0.717, 1.165) is 5.56 Å². The monoisotopic (exact) mass is 238 g/mol. The van der Waals surface area contributed by atoms with Crippen LogP contribution in [0.1, 0.15) is 18.5 Å². The number of carbonyl (C=O) groups is 1. The van der Waals surface area contributed by atoms with Gasteiger partial charge in [-0.15, -0.1) is 0 Å². The Labute approximate surface area is 101 Å². The van der Waals surface area contributed by atoms with Crippen LogP contribution in [0.15, 0.2) is 24.3 Å². The number of phenolic OH excluding ortho intramolecular Hbond substituents is 1. The Kier molecular flexibility index (Phi) is 5.29. The minimum absolute atomic E-state index is 0.162. The van der Waals surface area contributed by atoms with E-state index >= 15 is 0 Å². The van der Waals surface area contributed by atoms with Gasteiger partial charge in [-0.25, -0.2) is 4.79 Å². The minimum Gasteiger partial charge on any atom is -0.508 e. The molecule has 0 aromatic heterocycles. The van der Waals surface area contributed by atoms with Gasteiger partial charge in [0.05, 0.1) is 7.11 Å². The first kappa shape index (κ1) is 13.3. The molecule has 0 aliphatic heterocycles. The van der Waals surface area contributed by atoms with E-state index in [2.05, 4.69) is 15.4 Å². The molecule has 0 fully saturated rings. The summed E-state index contributed by atoms with van der Waals surface area (Å²) in [6.45, 7) is 3.18. The Morgan fingerprint density at radius 2 is 2.00 bits per heavy atom. The fourth-order valence-electron chi connectivity index (χ4n) is 1.41. The topological polar surface area (TPSA) is 70.6 Å². The number of phenols is 1. The number of nitrogens with one attached hydrogen (secondary N) is 2. The Bertz CT molecular complexity index is 351. The van der Waals surface area contributed by atoms with Gasteiger partial charge in [0.1, 0.15) is 5.75 Å². The van der Waals surface area contributed by atoms with Crippen LogP contribution >= 0.6 is 0 Å². The third-order valence-electron chi connectivity index (χ3n) is 2.42. The molecular weight excluding hydrogens is 220 g/mol. The summed E-state index contributed by atoms with van der Waals surface area (Å²) in [4.78, 5) is 10.8. The molecule has 0 radical (unpaired) electrons. The van der Waals surface area contributed by atoms with Crippen molar-refractivity contribution in [2.75, 3.05) is 20.2 Å². The van der Waals surface area contributed by atoms with Crippen molar-refractivity contribution < 1.29 is 14.6 Å². The molecule has 1 aromatic carbocycles. The number of methoxy groups -OCH3 is 1. The smallest absolute Gasteiger partial charge is 0.406 e. The molecule has 17 heavy (non-hydrogen) atoms. The van der Waals surface area contributed by atoms with Crippen LogP contribution in [0.25, 0.3) is 0 Å². The van der Waals surface area contributed by atoms with Gasteiger partial charge in [0, 0.05) is 19.1 Å². The number of alkyl carbamates (subject to hydrolysis) is 1. The second-order valence-electron chi connectivity index (χ2n) is 3.69. The van der Waals surface area contributed by atoms with Crippen LogP contribution in [-0.4, -0.2) is 31.4 Å². The third-order valence-corrected chi connectivity index (χ3v) is 2.42. The molecule has 0 aliphatic carbocycles. The van der Waals surface area contributed by atoms with Crippen molar-refractivity contribution in [3.05, 3.63) is 29.8 Å². The molecule has 1 rings (SSSR count). The lowest BCUT2D eigenvalue weighted by Crippen LogP contribution is -2.32. The average molecular weight is 238 g/mol. The molecule has 1 unspecified atom stereocenters. The van der Waals surface area contributed by atoms with Crippen molar-refractivity contribution in [2.24, 2.45) is 0 Å². The van der Waals surface area contributed by atoms with Gasteiger partial charge in [0.2, 0.25) is 0 Å². The summed E-state index contributed by atoms with van der Waals surface area (Å²) in [6, 6.07) is 7.19.